The van der Waals surface area contributed by atoms with Crippen LogP contribution in [0, 0.1) is 0 Å². The predicted octanol–water partition coefficient (Wildman–Crippen LogP) is 0.874. The van der Waals surface area contributed by atoms with Crippen LogP contribution >= 0.6 is 0 Å². The normalized spacial score (nSPS) is 20.1. The number of benzene rings is 1. The molecule has 0 aromatic heterocycles. The molecule has 1 aliphatic rings. The number of oxime groups is 1. The lowest BCUT2D eigenvalue weighted by molar-refractivity contribution is 0.165. The molecule has 74 valence electrons. The Hall–Kier alpha value is -1.55. The van der Waals surface area contributed by atoms with Crippen molar-refractivity contribution in [2.24, 2.45) is 10.9 Å². The van der Waals surface area contributed by atoms with Crippen molar-refractivity contribution in [2.75, 3.05) is 6.61 Å². The number of rotatable bonds is 2. The molecule has 0 aliphatic carbocycles. The number of nitrogens with zero attached hydrogens (tertiary/aromatic N) is 1. The zero-order valence-electron chi connectivity index (χ0n) is 7.72. The lowest BCUT2D eigenvalue weighted by Crippen LogP contribution is -2.31. The van der Waals surface area contributed by atoms with Crippen LogP contribution in [0.2, 0.25) is 0 Å². The van der Waals surface area contributed by atoms with Gasteiger partial charge in [-0.2, -0.15) is 0 Å². The van der Waals surface area contributed by atoms with Crippen LogP contribution in [-0.2, 0) is 16.2 Å². The highest BCUT2D eigenvalue weighted by molar-refractivity contribution is 5.82. The second-order valence-electron chi connectivity index (χ2n) is 3.11. The summed E-state index contributed by atoms with van der Waals surface area (Å²) in [5.74, 6) is 0.480. The zero-order chi connectivity index (χ0) is 9.80. The van der Waals surface area contributed by atoms with E-state index in [0.29, 0.717) is 19.1 Å². The van der Waals surface area contributed by atoms with Crippen LogP contribution in [0.1, 0.15) is 5.56 Å². The highest BCUT2D eigenvalue weighted by atomic mass is 16.7. The number of hydrogen-bond acceptors (Lipinski definition) is 4. The van der Waals surface area contributed by atoms with E-state index in [1.54, 1.807) is 0 Å². The predicted molar refractivity (Wildman–Crippen MR) is 52.6 cm³/mol. The molecule has 14 heavy (non-hydrogen) atoms. The monoisotopic (exact) mass is 192 g/mol. The summed E-state index contributed by atoms with van der Waals surface area (Å²) in [5.41, 5.74) is 6.75. The van der Waals surface area contributed by atoms with Gasteiger partial charge in [-0.1, -0.05) is 35.5 Å². The molecule has 0 saturated carbocycles. The molecule has 1 heterocycles. The van der Waals surface area contributed by atoms with Crippen LogP contribution in [0.25, 0.3) is 0 Å². The summed E-state index contributed by atoms with van der Waals surface area (Å²) in [6, 6.07) is 9.64. The first kappa shape index (κ1) is 9.02. The first-order valence-electron chi connectivity index (χ1n) is 4.48. The van der Waals surface area contributed by atoms with Crippen molar-refractivity contribution in [1.29, 1.82) is 0 Å². The van der Waals surface area contributed by atoms with Crippen LogP contribution in [0.5, 0.6) is 0 Å². The van der Waals surface area contributed by atoms with E-state index in [1.807, 2.05) is 30.3 Å². The van der Waals surface area contributed by atoms with Crippen LogP contribution in [0.4, 0.5) is 0 Å². The summed E-state index contributed by atoms with van der Waals surface area (Å²) in [5, 5.41) is 3.70. The van der Waals surface area contributed by atoms with E-state index in [-0.39, 0.29) is 6.04 Å². The van der Waals surface area contributed by atoms with Crippen LogP contribution in [0.3, 0.4) is 0 Å². The fourth-order valence-corrected chi connectivity index (χ4v) is 1.19. The third-order valence-corrected chi connectivity index (χ3v) is 1.96. The molecule has 0 fully saturated rings. The van der Waals surface area contributed by atoms with Crippen molar-refractivity contribution < 1.29 is 9.57 Å². The summed E-state index contributed by atoms with van der Waals surface area (Å²) in [6.07, 6.45) is 0. The lowest BCUT2D eigenvalue weighted by Gasteiger charge is -2.06. The van der Waals surface area contributed by atoms with E-state index >= 15 is 0 Å². The summed E-state index contributed by atoms with van der Waals surface area (Å²) in [4.78, 5) is 4.80. The molecule has 0 bridgehead atoms. The van der Waals surface area contributed by atoms with Crippen LogP contribution in [0.15, 0.2) is 35.5 Å². The summed E-state index contributed by atoms with van der Waals surface area (Å²) >= 11 is 0. The van der Waals surface area contributed by atoms with E-state index in [0.717, 1.165) is 5.56 Å². The maximum Gasteiger partial charge on any atom is 0.246 e. The van der Waals surface area contributed by atoms with Crippen LogP contribution < -0.4 is 5.73 Å². The third kappa shape index (κ3) is 2.03. The summed E-state index contributed by atoms with van der Waals surface area (Å²) < 4.78 is 5.40. The van der Waals surface area contributed by atoms with Gasteiger partial charge in [-0.25, -0.2) is 0 Å². The van der Waals surface area contributed by atoms with Gasteiger partial charge in [-0.05, 0) is 5.56 Å². The topological polar surface area (TPSA) is 56.8 Å². The molecule has 1 aliphatic heterocycles. The average Bonchev–Trinajstić information content (AvgIpc) is 2.63. The molecule has 0 unspecified atom stereocenters. The number of hydrogen-bond donors (Lipinski definition) is 1. The molecule has 0 spiro atoms. The van der Waals surface area contributed by atoms with E-state index in [2.05, 4.69) is 5.16 Å². The molecular formula is C10H12N2O2. The van der Waals surface area contributed by atoms with Gasteiger partial charge in [0.1, 0.15) is 19.3 Å². The molecule has 1 aromatic rings. The van der Waals surface area contributed by atoms with Crippen LogP contribution in [-0.4, -0.2) is 18.5 Å². The van der Waals surface area contributed by atoms with Crippen molar-refractivity contribution in [3.05, 3.63) is 35.9 Å². The minimum absolute atomic E-state index is 0.223. The minimum Gasteiger partial charge on any atom is -0.473 e. The quantitative estimate of drug-likeness (QED) is 0.756. The standard InChI is InChI=1S/C10H12N2O2/c11-9-7-14-12-10(9)13-6-8-4-2-1-3-5-8/h1-5,9H,6-7,11H2/t9-/m0/s1. The van der Waals surface area contributed by atoms with Gasteiger partial charge in [-0.3, -0.25) is 0 Å². The van der Waals surface area contributed by atoms with Gasteiger partial charge in [0.25, 0.3) is 0 Å². The lowest BCUT2D eigenvalue weighted by atomic mass is 10.2. The van der Waals surface area contributed by atoms with E-state index in [1.165, 1.54) is 0 Å². The second kappa shape index (κ2) is 4.11. The molecular weight excluding hydrogens is 180 g/mol. The fraction of sp³-hybridized carbons (Fsp3) is 0.300. The maximum atomic E-state index is 5.66. The summed E-state index contributed by atoms with van der Waals surface area (Å²) in [6.45, 7) is 0.890. The molecule has 0 saturated heterocycles. The van der Waals surface area contributed by atoms with Gasteiger partial charge in [0.2, 0.25) is 5.90 Å². The minimum atomic E-state index is -0.223. The fourth-order valence-electron chi connectivity index (χ4n) is 1.19. The molecule has 4 nitrogen and oxygen atoms in total. The van der Waals surface area contributed by atoms with Crippen molar-refractivity contribution in [2.45, 2.75) is 12.6 Å². The van der Waals surface area contributed by atoms with Gasteiger partial charge < -0.3 is 15.3 Å². The van der Waals surface area contributed by atoms with Crippen molar-refractivity contribution in [3.8, 4) is 0 Å². The second-order valence-corrected chi connectivity index (χ2v) is 3.11. The van der Waals surface area contributed by atoms with E-state index in [9.17, 15) is 0 Å². The Balaban J connectivity index is 1.89. The molecule has 0 amide bonds. The Morgan fingerprint density at radius 2 is 2.21 bits per heavy atom. The molecule has 1 atom stereocenters. The Kier molecular flexibility index (Phi) is 2.65. The third-order valence-electron chi connectivity index (χ3n) is 1.96. The van der Waals surface area contributed by atoms with Gasteiger partial charge in [0.05, 0.1) is 0 Å². The first-order valence-corrected chi connectivity index (χ1v) is 4.48. The highest BCUT2D eigenvalue weighted by Crippen LogP contribution is 2.05. The Bertz CT molecular complexity index is 324. The summed E-state index contributed by atoms with van der Waals surface area (Å²) in [7, 11) is 0. The first-order chi connectivity index (χ1) is 6.86. The van der Waals surface area contributed by atoms with Gasteiger partial charge in [-0.15, -0.1) is 0 Å². The Morgan fingerprint density at radius 3 is 2.86 bits per heavy atom. The molecule has 2 N–H and O–H groups in total. The zero-order valence-corrected chi connectivity index (χ0v) is 7.72. The number of ether oxygens (including phenoxy) is 1. The smallest absolute Gasteiger partial charge is 0.246 e. The SMILES string of the molecule is N[C@H]1CON=C1OCc1ccccc1. The molecule has 2 rings (SSSR count). The van der Waals surface area contributed by atoms with Crippen molar-refractivity contribution in [1.82, 2.24) is 0 Å². The molecule has 4 heteroatoms. The molecule has 1 aromatic carbocycles. The molecule has 0 radical (unpaired) electrons. The van der Waals surface area contributed by atoms with Gasteiger partial charge in [0, 0.05) is 0 Å². The highest BCUT2D eigenvalue weighted by Gasteiger charge is 2.20. The maximum absolute atomic E-state index is 5.66. The Morgan fingerprint density at radius 1 is 1.43 bits per heavy atom. The number of nitrogens with two attached hydrogens (primary N) is 1. The van der Waals surface area contributed by atoms with Crippen molar-refractivity contribution >= 4 is 5.90 Å². The average molecular weight is 192 g/mol. The van der Waals surface area contributed by atoms with Gasteiger partial charge >= 0.3 is 0 Å². The van der Waals surface area contributed by atoms with Crippen molar-refractivity contribution in [3.63, 3.8) is 0 Å². The van der Waals surface area contributed by atoms with E-state index in [4.69, 9.17) is 15.3 Å². The van der Waals surface area contributed by atoms with Gasteiger partial charge in [0.15, 0.2) is 0 Å². The Labute approximate surface area is 82.3 Å². The van der Waals surface area contributed by atoms with E-state index < -0.39 is 0 Å². The largest absolute Gasteiger partial charge is 0.473 e.